The van der Waals surface area contributed by atoms with Gasteiger partial charge in [0.25, 0.3) is 5.91 Å². The second kappa shape index (κ2) is 12.8. The van der Waals surface area contributed by atoms with E-state index >= 15 is 0 Å². The van der Waals surface area contributed by atoms with Gasteiger partial charge in [0.1, 0.15) is 17.3 Å². The zero-order valence-corrected chi connectivity index (χ0v) is 23.9. The Balaban J connectivity index is 1.73. The lowest BCUT2D eigenvalue weighted by Gasteiger charge is -2.17. The first kappa shape index (κ1) is 28.8. The van der Waals surface area contributed by atoms with Crippen LogP contribution in [0.4, 0.5) is 4.79 Å². The molecule has 212 valence electrons. The first-order valence-corrected chi connectivity index (χ1v) is 13.8. The molecule has 0 saturated carbocycles. The summed E-state index contributed by atoms with van der Waals surface area (Å²) >= 11 is 0. The van der Waals surface area contributed by atoms with Crippen molar-refractivity contribution in [2.45, 2.75) is 72.9 Å². The Morgan fingerprint density at radius 2 is 1.75 bits per heavy atom. The molecule has 0 N–H and O–H groups in total. The van der Waals surface area contributed by atoms with E-state index in [9.17, 15) is 14.4 Å². The molecular weight excluding hydrogens is 510 g/mol. The molecular formula is C30H37N5O5. The smallest absolute Gasteiger partial charge is 0.337 e. The normalized spacial score (nSPS) is 14.6. The molecule has 1 aromatic carbocycles. The van der Waals surface area contributed by atoms with E-state index in [1.807, 2.05) is 26.0 Å². The van der Waals surface area contributed by atoms with Gasteiger partial charge >= 0.3 is 12.0 Å². The van der Waals surface area contributed by atoms with Gasteiger partial charge in [0.2, 0.25) is 0 Å². The average molecular weight is 548 g/mol. The highest BCUT2D eigenvalue weighted by Gasteiger charge is 2.41. The number of nitrogens with zero attached hydrogens (tertiary/aromatic N) is 5. The Morgan fingerprint density at radius 1 is 1.02 bits per heavy atom. The number of imidazole rings is 1. The van der Waals surface area contributed by atoms with Crippen LogP contribution in [0.2, 0.25) is 0 Å². The van der Waals surface area contributed by atoms with Crippen molar-refractivity contribution in [1.82, 2.24) is 24.5 Å². The van der Waals surface area contributed by atoms with E-state index < -0.39 is 5.97 Å². The highest BCUT2D eigenvalue weighted by molar-refractivity contribution is 6.13. The van der Waals surface area contributed by atoms with Crippen LogP contribution in [0.3, 0.4) is 0 Å². The summed E-state index contributed by atoms with van der Waals surface area (Å²) in [6.45, 7) is 8.82. The topological polar surface area (TPSA) is 111 Å². The van der Waals surface area contributed by atoms with Gasteiger partial charge in [0, 0.05) is 25.1 Å². The second-order valence-corrected chi connectivity index (χ2v) is 9.99. The number of imide groups is 1. The minimum absolute atomic E-state index is 0.187. The largest absolute Gasteiger partial charge is 0.465 e. The first-order chi connectivity index (χ1) is 19.3. The Hall–Kier alpha value is -4.21. The number of methoxy groups -OCH3 is 1. The summed E-state index contributed by atoms with van der Waals surface area (Å²) in [5.74, 6) is 0.795. The molecule has 0 atom stereocenters. The highest BCUT2D eigenvalue weighted by Crippen LogP contribution is 2.28. The standard InChI is InChI=1S/C30H37N5O5/c1-6-8-10-27-31-17-24(34(27)18-22-11-13-23(14-12-22)29(37)39-5)16-26-28(36)33(15-9-7-2)30(38)35(26)19-25-20(3)32-40-21(25)4/h11-14,16-17H,6-10,15,18-19H2,1-5H3. The molecule has 40 heavy (non-hydrogen) atoms. The third-order valence-corrected chi connectivity index (χ3v) is 7.17. The zero-order chi connectivity index (χ0) is 28.8. The number of esters is 1. The van der Waals surface area contributed by atoms with Gasteiger partial charge in [-0.2, -0.15) is 0 Å². The lowest BCUT2D eigenvalue weighted by atomic mass is 10.1. The fourth-order valence-corrected chi connectivity index (χ4v) is 4.73. The number of hydrogen-bond acceptors (Lipinski definition) is 7. The van der Waals surface area contributed by atoms with Crippen LogP contribution in [0.15, 0.2) is 40.7 Å². The average Bonchev–Trinajstić information content (AvgIpc) is 3.56. The molecule has 3 amide bonds. The minimum Gasteiger partial charge on any atom is -0.465 e. The van der Waals surface area contributed by atoms with E-state index in [0.717, 1.165) is 54.7 Å². The predicted molar refractivity (Wildman–Crippen MR) is 149 cm³/mol. The van der Waals surface area contributed by atoms with Crippen molar-refractivity contribution in [3.8, 4) is 0 Å². The molecule has 0 aliphatic carbocycles. The number of aryl methyl sites for hydroxylation is 3. The molecule has 3 aromatic rings. The van der Waals surface area contributed by atoms with Crippen LogP contribution in [0, 0.1) is 13.8 Å². The number of hydrogen-bond donors (Lipinski definition) is 0. The van der Waals surface area contributed by atoms with E-state index in [1.165, 1.54) is 16.9 Å². The van der Waals surface area contributed by atoms with Crippen molar-refractivity contribution in [1.29, 1.82) is 0 Å². The van der Waals surface area contributed by atoms with E-state index in [2.05, 4.69) is 21.6 Å². The molecule has 10 heteroatoms. The summed E-state index contributed by atoms with van der Waals surface area (Å²) in [5.41, 5.74) is 3.93. The number of benzene rings is 1. The first-order valence-electron chi connectivity index (χ1n) is 13.8. The molecule has 1 saturated heterocycles. The van der Waals surface area contributed by atoms with E-state index in [1.54, 1.807) is 31.3 Å². The van der Waals surface area contributed by atoms with Crippen molar-refractivity contribution < 1.29 is 23.6 Å². The van der Waals surface area contributed by atoms with E-state index in [4.69, 9.17) is 9.26 Å². The Labute approximate surface area is 234 Å². The number of ether oxygens (including phenoxy) is 1. The van der Waals surface area contributed by atoms with Crippen LogP contribution in [0.1, 0.15) is 84.0 Å². The maximum absolute atomic E-state index is 13.6. The molecule has 0 spiro atoms. The monoisotopic (exact) mass is 547 g/mol. The van der Waals surface area contributed by atoms with Gasteiger partial charge in [0.15, 0.2) is 0 Å². The molecule has 1 aliphatic rings. The maximum Gasteiger partial charge on any atom is 0.337 e. The van der Waals surface area contributed by atoms with Crippen LogP contribution in [0.25, 0.3) is 6.08 Å². The lowest BCUT2D eigenvalue weighted by molar-refractivity contribution is -0.123. The maximum atomic E-state index is 13.6. The Bertz CT molecular complexity index is 1380. The van der Waals surface area contributed by atoms with Crippen LogP contribution in [-0.4, -0.2) is 56.1 Å². The number of urea groups is 1. The molecule has 1 fully saturated rings. The third kappa shape index (κ3) is 6.00. The predicted octanol–water partition coefficient (Wildman–Crippen LogP) is 5.27. The van der Waals surface area contributed by atoms with Crippen LogP contribution >= 0.6 is 0 Å². The lowest BCUT2D eigenvalue weighted by Crippen LogP contribution is -2.33. The van der Waals surface area contributed by atoms with E-state index in [-0.39, 0.29) is 18.5 Å². The number of unbranched alkanes of at least 4 members (excludes halogenated alkanes) is 2. The Kier molecular flexibility index (Phi) is 9.19. The van der Waals surface area contributed by atoms with Crippen LogP contribution in [0.5, 0.6) is 0 Å². The third-order valence-electron chi connectivity index (χ3n) is 7.17. The molecule has 2 aromatic heterocycles. The summed E-state index contributed by atoms with van der Waals surface area (Å²) in [7, 11) is 1.36. The Morgan fingerprint density at radius 3 is 2.38 bits per heavy atom. The number of rotatable bonds is 12. The van der Waals surface area contributed by atoms with Crippen molar-refractivity contribution in [2.24, 2.45) is 0 Å². The fraction of sp³-hybridized carbons (Fsp3) is 0.433. The van der Waals surface area contributed by atoms with Gasteiger partial charge in [0.05, 0.1) is 36.8 Å². The number of amides is 3. The van der Waals surface area contributed by atoms with Crippen molar-refractivity contribution in [3.63, 3.8) is 0 Å². The second-order valence-electron chi connectivity index (χ2n) is 9.99. The van der Waals surface area contributed by atoms with Gasteiger partial charge < -0.3 is 13.8 Å². The van der Waals surface area contributed by atoms with Gasteiger partial charge in [-0.25, -0.2) is 14.6 Å². The number of carbonyl (C=O) groups is 3. The van der Waals surface area contributed by atoms with Gasteiger partial charge in [-0.1, -0.05) is 44.0 Å². The van der Waals surface area contributed by atoms with Gasteiger partial charge in [-0.15, -0.1) is 0 Å². The summed E-state index contributed by atoms with van der Waals surface area (Å²) in [6, 6.07) is 6.89. The van der Waals surface area contributed by atoms with E-state index in [0.29, 0.717) is 35.8 Å². The van der Waals surface area contributed by atoms with Crippen LogP contribution < -0.4 is 0 Å². The quantitative estimate of drug-likeness (QED) is 0.173. The number of carbonyl (C=O) groups excluding carboxylic acids is 3. The van der Waals surface area contributed by atoms with Gasteiger partial charge in [-0.05, 0) is 50.5 Å². The van der Waals surface area contributed by atoms with Crippen LogP contribution in [-0.2, 0) is 29.0 Å². The molecule has 1 aliphatic heterocycles. The SMILES string of the molecule is CCCCc1ncc(C=C2C(=O)N(CCCC)C(=O)N2Cc2c(C)noc2C)n1Cc1ccc(C(=O)OC)cc1. The molecule has 3 heterocycles. The molecule has 4 rings (SSSR count). The summed E-state index contributed by atoms with van der Waals surface area (Å²) in [6.07, 6.45) is 7.86. The van der Waals surface area contributed by atoms with Crippen molar-refractivity contribution >= 4 is 24.0 Å². The fourth-order valence-electron chi connectivity index (χ4n) is 4.73. The number of aromatic nitrogens is 3. The summed E-state index contributed by atoms with van der Waals surface area (Å²) in [5, 5.41) is 4.02. The molecule has 0 radical (unpaired) electrons. The van der Waals surface area contributed by atoms with Crippen molar-refractivity contribution in [2.75, 3.05) is 13.7 Å². The molecule has 0 unspecified atom stereocenters. The minimum atomic E-state index is -0.390. The zero-order valence-electron chi connectivity index (χ0n) is 23.9. The molecule has 0 bridgehead atoms. The molecule has 10 nitrogen and oxygen atoms in total. The highest BCUT2D eigenvalue weighted by atomic mass is 16.5. The van der Waals surface area contributed by atoms with Crippen molar-refractivity contribution in [3.05, 3.63) is 75.8 Å². The summed E-state index contributed by atoms with van der Waals surface area (Å²) < 4.78 is 12.2. The summed E-state index contributed by atoms with van der Waals surface area (Å²) in [4.78, 5) is 46.5. The van der Waals surface area contributed by atoms with Gasteiger partial charge in [-0.3, -0.25) is 14.6 Å².